The van der Waals surface area contributed by atoms with E-state index in [-0.39, 0.29) is 17.2 Å². The van der Waals surface area contributed by atoms with Crippen molar-refractivity contribution in [2.45, 2.75) is 6.54 Å². The molecule has 0 heterocycles. The third kappa shape index (κ3) is 3.13. The molecule has 0 fully saturated rings. The molecule has 0 saturated heterocycles. The second kappa shape index (κ2) is 5.56. The minimum Gasteiger partial charge on any atom is -0.495 e. The van der Waals surface area contributed by atoms with E-state index in [4.69, 9.17) is 10.5 Å². The molecule has 0 aliphatic heterocycles. The van der Waals surface area contributed by atoms with Gasteiger partial charge in [0.25, 0.3) is 0 Å². The Balaban J connectivity index is 2.15. The number of methoxy groups -OCH3 is 1. The van der Waals surface area contributed by atoms with Gasteiger partial charge in [-0.3, -0.25) is 0 Å². The Hall–Kier alpha value is -2.30. The fourth-order valence-corrected chi connectivity index (χ4v) is 1.73. The first-order valence-electron chi connectivity index (χ1n) is 5.71. The SMILES string of the molecule is COc1cc(NCc2cccc(F)c2)c(F)cc1N. The number of halogens is 2. The lowest BCUT2D eigenvalue weighted by molar-refractivity contribution is 0.416. The third-order valence-corrected chi connectivity index (χ3v) is 2.69. The Kier molecular flexibility index (Phi) is 3.85. The van der Waals surface area contributed by atoms with Gasteiger partial charge in [-0.2, -0.15) is 0 Å². The van der Waals surface area contributed by atoms with Gasteiger partial charge in [-0.15, -0.1) is 0 Å². The van der Waals surface area contributed by atoms with Crippen molar-refractivity contribution in [1.82, 2.24) is 0 Å². The highest BCUT2D eigenvalue weighted by Gasteiger charge is 2.08. The van der Waals surface area contributed by atoms with Crippen molar-refractivity contribution in [3.05, 3.63) is 53.6 Å². The van der Waals surface area contributed by atoms with Gasteiger partial charge in [-0.05, 0) is 17.7 Å². The van der Waals surface area contributed by atoms with E-state index >= 15 is 0 Å². The van der Waals surface area contributed by atoms with E-state index in [9.17, 15) is 8.78 Å². The molecule has 100 valence electrons. The monoisotopic (exact) mass is 264 g/mol. The maximum Gasteiger partial charge on any atom is 0.148 e. The largest absolute Gasteiger partial charge is 0.495 e. The van der Waals surface area contributed by atoms with E-state index in [1.807, 2.05) is 0 Å². The molecule has 2 aromatic rings. The molecule has 5 heteroatoms. The van der Waals surface area contributed by atoms with Crippen molar-refractivity contribution in [1.29, 1.82) is 0 Å². The van der Waals surface area contributed by atoms with E-state index in [1.54, 1.807) is 12.1 Å². The van der Waals surface area contributed by atoms with Gasteiger partial charge in [0.1, 0.15) is 17.4 Å². The number of hydrogen-bond donors (Lipinski definition) is 2. The lowest BCUT2D eigenvalue weighted by atomic mass is 10.2. The summed E-state index contributed by atoms with van der Waals surface area (Å²) in [6, 6.07) is 8.77. The van der Waals surface area contributed by atoms with Crippen LogP contribution in [-0.2, 0) is 6.54 Å². The molecular formula is C14H14F2N2O. The fraction of sp³-hybridized carbons (Fsp3) is 0.143. The molecule has 0 unspecified atom stereocenters. The van der Waals surface area contributed by atoms with Gasteiger partial charge in [0.15, 0.2) is 0 Å². The lowest BCUT2D eigenvalue weighted by Gasteiger charge is -2.11. The standard InChI is InChI=1S/C14H14F2N2O/c1-19-14-7-13(11(16)6-12(14)17)18-8-9-3-2-4-10(15)5-9/h2-7,18H,8,17H2,1H3. The predicted molar refractivity (Wildman–Crippen MR) is 71.1 cm³/mol. The average Bonchev–Trinajstić information content (AvgIpc) is 2.38. The van der Waals surface area contributed by atoms with Crippen LogP contribution >= 0.6 is 0 Å². The van der Waals surface area contributed by atoms with Crippen LogP contribution in [0, 0.1) is 11.6 Å². The zero-order valence-electron chi connectivity index (χ0n) is 10.4. The Morgan fingerprint density at radius 2 is 2.00 bits per heavy atom. The average molecular weight is 264 g/mol. The molecule has 0 saturated carbocycles. The van der Waals surface area contributed by atoms with Crippen LogP contribution in [0.1, 0.15) is 5.56 Å². The van der Waals surface area contributed by atoms with E-state index in [0.29, 0.717) is 12.3 Å². The lowest BCUT2D eigenvalue weighted by Crippen LogP contribution is -2.03. The molecule has 0 aliphatic carbocycles. The number of rotatable bonds is 4. The summed E-state index contributed by atoms with van der Waals surface area (Å²) in [7, 11) is 1.46. The van der Waals surface area contributed by atoms with Crippen molar-refractivity contribution in [3.63, 3.8) is 0 Å². The number of nitrogens with one attached hydrogen (secondary N) is 1. The second-order valence-electron chi connectivity index (χ2n) is 4.06. The molecule has 2 aromatic carbocycles. The van der Waals surface area contributed by atoms with Crippen LogP contribution < -0.4 is 15.8 Å². The zero-order chi connectivity index (χ0) is 13.8. The maximum atomic E-state index is 13.7. The molecule has 0 atom stereocenters. The van der Waals surface area contributed by atoms with Crippen molar-refractivity contribution >= 4 is 11.4 Å². The predicted octanol–water partition coefficient (Wildman–Crippen LogP) is 3.17. The topological polar surface area (TPSA) is 47.3 Å². The molecule has 0 radical (unpaired) electrons. The Morgan fingerprint density at radius 3 is 2.68 bits per heavy atom. The van der Waals surface area contributed by atoms with Gasteiger partial charge in [-0.25, -0.2) is 8.78 Å². The highest BCUT2D eigenvalue weighted by Crippen LogP contribution is 2.28. The summed E-state index contributed by atoms with van der Waals surface area (Å²) < 4.78 is 31.7. The van der Waals surface area contributed by atoms with Gasteiger partial charge >= 0.3 is 0 Å². The first kappa shape index (κ1) is 13.1. The first-order valence-corrected chi connectivity index (χ1v) is 5.71. The molecule has 2 rings (SSSR count). The van der Waals surface area contributed by atoms with E-state index < -0.39 is 5.82 Å². The molecule has 3 nitrogen and oxygen atoms in total. The first-order chi connectivity index (χ1) is 9.10. The van der Waals surface area contributed by atoms with Crippen molar-refractivity contribution in [2.24, 2.45) is 0 Å². The van der Waals surface area contributed by atoms with Crippen molar-refractivity contribution in [2.75, 3.05) is 18.2 Å². The number of hydrogen-bond acceptors (Lipinski definition) is 3. The van der Waals surface area contributed by atoms with Crippen LogP contribution in [0.3, 0.4) is 0 Å². The molecule has 0 aromatic heterocycles. The molecular weight excluding hydrogens is 250 g/mol. The van der Waals surface area contributed by atoms with Crippen LogP contribution in [0.2, 0.25) is 0 Å². The minimum atomic E-state index is -0.477. The minimum absolute atomic E-state index is 0.233. The Labute approximate surface area is 110 Å². The van der Waals surface area contributed by atoms with Crippen LogP contribution in [0.5, 0.6) is 5.75 Å². The van der Waals surface area contributed by atoms with Crippen LogP contribution in [-0.4, -0.2) is 7.11 Å². The van der Waals surface area contributed by atoms with E-state index in [1.165, 1.54) is 31.4 Å². The summed E-state index contributed by atoms with van der Waals surface area (Å²) in [6.07, 6.45) is 0. The number of anilines is 2. The van der Waals surface area contributed by atoms with E-state index in [0.717, 1.165) is 5.56 Å². The Bertz CT molecular complexity index is 588. The number of benzene rings is 2. The van der Waals surface area contributed by atoms with E-state index in [2.05, 4.69) is 5.32 Å². The summed E-state index contributed by atoms with van der Waals surface area (Å²) in [6.45, 7) is 0.307. The van der Waals surface area contributed by atoms with Gasteiger partial charge in [-0.1, -0.05) is 12.1 Å². The number of nitrogens with two attached hydrogens (primary N) is 1. The van der Waals surface area contributed by atoms with Crippen LogP contribution in [0.15, 0.2) is 36.4 Å². The molecule has 0 bridgehead atoms. The summed E-state index contributed by atoms with van der Waals surface area (Å²) in [5, 5.41) is 2.88. The second-order valence-corrected chi connectivity index (χ2v) is 4.06. The van der Waals surface area contributed by atoms with Crippen molar-refractivity contribution < 1.29 is 13.5 Å². The number of nitrogen functional groups attached to an aromatic ring is 1. The molecule has 0 amide bonds. The highest BCUT2D eigenvalue weighted by atomic mass is 19.1. The van der Waals surface area contributed by atoms with Crippen molar-refractivity contribution in [3.8, 4) is 5.75 Å². The van der Waals surface area contributed by atoms with Crippen LogP contribution in [0.25, 0.3) is 0 Å². The summed E-state index contributed by atoms with van der Waals surface area (Å²) in [5.74, 6) is -0.410. The van der Waals surface area contributed by atoms with Gasteiger partial charge in [0, 0.05) is 18.7 Å². The summed E-state index contributed by atoms with van der Waals surface area (Å²) in [4.78, 5) is 0. The van der Waals surface area contributed by atoms with Crippen LogP contribution in [0.4, 0.5) is 20.2 Å². The molecule has 19 heavy (non-hydrogen) atoms. The Morgan fingerprint density at radius 1 is 1.21 bits per heavy atom. The summed E-state index contributed by atoms with van der Waals surface area (Å²) in [5.41, 5.74) is 6.80. The maximum absolute atomic E-state index is 13.7. The quantitative estimate of drug-likeness (QED) is 0.834. The fourth-order valence-electron chi connectivity index (χ4n) is 1.73. The van der Waals surface area contributed by atoms with Gasteiger partial charge in [0.05, 0.1) is 18.5 Å². The normalized spacial score (nSPS) is 10.3. The zero-order valence-corrected chi connectivity index (χ0v) is 10.4. The smallest absolute Gasteiger partial charge is 0.148 e. The third-order valence-electron chi connectivity index (χ3n) is 2.69. The van der Waals surface area contributed by atoms with Gasteiger partial charge < -0.3 is 15.8 Å². The molecule has 0 aliphatic rings. The summed E-state index contributed by atoms with van der Waals surface area (Å²) >= 11 is 0. The van der Waals surface area contributed by atoms with Gasteiger partial charge in [0.2, 0.25) is 0 Å². The molecule has 3 N–H and O–H groups in total. The number of ether oxygens (including phenoxy) is 1. The molecule has 0 spiro atoms. The highest BCUT2D eigenvalue weighted by molar-refractivity contribution is 5.62.